The molecule has 0 spiro atoms. The first-order valence-corrected chi connectivity index (χ1v) is 6.56. The van der Waals surface area contributed by atoms with Crippen molar-refractivity contribution in [1.29, 1.82) is 0 Å². The van der Waals surface area contributed by atoms with Crippen LogP contribution in [-0.2, 0) is 6.18 Å². The molecule has 1 aromatic carbocycles. The second-order valence-corrected chi connectivity index (χ2v) is 4.86. The Morgan fingerprint density at radius 2 is 2.08 bits per heavy atom. The number of hydrogen-bond acceptors (Lipinski definition) is 6. The molecule has 128 valence electrons. The Bertz CT molecular complexity index is 788. The van der Waals surface area contributed by atoms with Crippen molar-refractivity contribution in [3.8, 4) is 0 Å². The van der Waals surface area contributed by atoms with Crippen LogP contribution in [0.15, 0.2) is 22.7 Å². The summed E-state index contributed by atoms with van der Waals surface area (Å²) in [5, 5.41) is 16.9. The number of carbonyl (C=O) groups is 1. The molecule has 1 heterocycles. The zero-order valence-electron chi connectivity index (χ0n) is 12.4. The summed E-state index contributed by atoms with van der Waals surface area (Å²) in [7, 11) is 0. The van der Waals surface area contributed by atoms with E-state index >= 15 is 0 Å². The summed E-state index contributed by atoms with van der Waals surface area (Å²) < 4.78 is 42.8. The first kappa shape index (κ1) is 17.4. The Morgan fingerprint density at radius 1 is 1.42 bits per heavy atom. The molecule has 0 bridgehead atoms. The lowest BCUT2D eigenvalue weighted by Crippen LogP contribution is -2.27. The average molecular weight is 344 g/mol. The summed E-state index contributed by atoms with van der Waals surface area (Å²) in [5.74, 6) is -0.541. The van der Waals surface area contributed by atoms with Crippen LogP contribution < -0.4 is 5.32 Å². The SMILES string of the molecule is Cc1noc([C@@H](C)NC(=O)c2ccc(C(F)(F)F)cc2[N+](=O)[O-])n1. The fraction of sp³-hybridized carbons (Fsp3) is 0.308. The number of nitrogens with zero attached hydrogens (tertiary/aromatic N) is 3. The maximum absolute atomic E-state index is 12.6. The van der Waals surface area contributed by atoms with Crippen molar-refractivity contribution in [1.82, 2.24) is 15.5 Å². The Morgan fingerprint density at radius 3 is 2.58 bits per heavy atom. The molecule has 0 aliphatic heterocycles. The van der Waals surface area contributed by atoms with Gasteiger partial charge < -0.3 is 9.84 Å². The molecule has 0 fully saturated rings. The minimum atomic E-state index is -4.76. The highest BCUT2D eigenvalue weighted by molar-refractivity contribution is 5.98. The van der Waals surface area contributed by atoms with E-state index in [0.29, 0.717) is 18.0 Å². The molecule has 0 aliphatic rings. The second-order valence-electron chi connectivity index (χ2n) is 4.86. The van der Waals surface area contributed by atoms with Crippen LogP contribution in [-0.4, -0.2) is 21.0 Å². The average Bonchev–Trinajstić information content (AvgIpc) is 2.92. The highest BCUT2D eigenvalue weighted by Gasteiger charge is 2.34. The molecule has 0 saturated heterocycles. The normalized spacial score (nSPS) is 12.7. The third-order valence-corrected chi connectivity index (χ3v) is 3.03. The van der Waals surface area contributed by atoms with Crippen LogP contribution in [0.25, 0.3) is 0 Å². The van der Waals surface area contributed by atoms with Crippen molar-refractivity contribution in [3.05, 3.63) is 51.2 Å². The lowest BCUT2D eigenvalue weighted by Gasteiger charge is -2.11. The first-order chi connectivity index (χ1) is 11.1. The van der Waals surface area contributed by atoms with Gasteiger partial charge in [-0.15, -0.1) is 0 Å². The molecule has 1 amide bonds. The zero-order valence-corrected chi connectivity index (χ0v) is 12.4. The van der Waals surface area contributed by atoms with Gasteiger partial charge in [0.05, 0.1) is 10.5 Å². The molecule has 0 unspecified atom stereocenters. The fourth-order valence-electron chi connectivity index (χ4n) is 1.88. The Balaban J connectivity index is 2.30. The molecule has 1 atom stereocenters. The minimum absolute atomic E-state index is 0.0652. The van der Waals surface area contributed by atoms with Gasteiger partial charge in [-0.05, 0) is 26.0 Å². The number of rotatable bonds is 4. The van der Waals surface area contributed by atoms with Crippen LogP contribution in [0.5, 0.6) is 0 Å². The number of amides is 1. The summed E-state index contributed by atoms with van der Waals surface area (Å²) >= 11 is 0. The lowest BCUT2D eigenvalue weighted by molar-refractivity contribution is -0.385. The number of hydrogen-bond donors (Lipinski definition) is 1. The standard InChI is InChI=1S/C13H11F3N4O4/c1-6(12-18-7(2)19-24-12)17-11(21)9-4-3-8(13(14,15)16)5-10(9)20(22)23/h3-6H,1-2H3,(H,17,21)/t6-/m1/s1. The maximum Gasteiger partial charge on any atom is 0.416 e. The van der Waals surface area contributed by atoms with Crippen molar-refractivity contribution in [3.63, 3.8) is 0 Å². The monoisotopic (exact) mass is 344 g/mol. The highest BCUT2D eigenvalue weighted by Crippen LogP contribution is 2.33. The Labute approximate surface area is 132 Å². The van der Waals surface area contributed by atoms with E-state index in [1.165, 1.54) is 6.92 Å². The van der Waals surface area contributed by atoms with Crippen LogP contribution in [0, 0.1) is 17.0 Å². The number of halogens is 3. The molecule has 8 nitrogen and oxygen atoms in total. The molecule has 0 radical (unpaired) electrons. The van der Waals surface area contributed by atoms with Gasteiger partial charge in [-0.1, -0.05) is 5.16 Å². The number of alkyl halides is 3. The smallest absolute Gasteiger partial charge is 0.340 e. The number of nitro groups is 1. The summed E-state index contributed by atoms with van der Waals surface area (Å²) in [6.07, 6.45) is -4.76. The fourth-order valence-corrected chi connectivity index (χ4v) is 1.88. The van der Waals surface area contributed by atoms with E-state index in [1.54, 1.807) is 6.92 Å². The summed E-state index contributed by atoms with van der Waals surface area (Å²) in [4.78, 5) is 26.0. The largest absolute Gasteiger partial charge is 0.416 e. The molecule has 0 saturated carbocycles. The predicted octanol–water partition coefficient (Wildman–Crippen LogP) is 2.80. The Hall–Kier alpha value is -2.98. The molecule has 11 heteroatoms. The number of aromatic nitrogens is 2. The topological polar surface area (TPSA) is 111 Å². The van der Waals surface area contributed by atoms with Crippen molar-refractivity contribution in [2.45, 2.75) is 26.1 Å². The molecule has 2 rings (SSSR count). The third-order valence-electron chi connectivity index (χ3n) is 3.03. The second kappa shape index (κ2) is 6.26. The number of nitro benzene ring substituents is 1. The van der Waals surface area contributed by atoms with E-state index < -0.39 is 39.9 Å². The van der Waals surface area contributed by atoms with Crippen molar-refractivity contribution in [2.75, 3.05) is 0 Å². The molecule has 0 aliphatic carbocycles. The summed E-state index contributed by atoms with van der Waals surface area (Å²) in [6.45, 7) is 3.04. The van der Waals surface area contributed by atoms with Crippen LogP contribution in [0.3, 0.4) is 0 Å². The number of aryl methyl sites for hydroxylation is 1. The van der Waals surface area contributed by atoms with Gasteiger partial charge in [-0.3, -0.25) is 14.9 Å². The van der Waals surface area contributed by atoms with Gasteiger partial charge in [0.1, 0.15) is 11.6 Å². The minimum Gasteiger partial charge on any atom is -0.340 e. The molecule has 1 N–H and O–H groups in total. The highest BCUT2D eigenvalue weighted by atomic mass is 19.4. The van der Waals surface area contributed by atoms with E-state index in [0.717, 1.165) is 6.07 Å². The van der Waals surface area contributed by atoms with Gasteiger partial charge in [0.25, 0.3) is 11.6 Å². The van der Waals surface area contributed by atoms with E-state index in [1.807, 2.05) is 0 Å². The van der Waals surface area contributed by atoms with Gasteiger partial charge in [-0.25, -0.2) is 0 Å². The zero-order chi connectivity index (χ0) is 18.1. The molecular weight excluding hydrogens is 333 g/mol. The van der Waals surface area contributed by atoms with Crippen LogP contribution in [0.4, 0.5) is 18.9 Å². The van der Waals surface area contributed by atoms with Gasteiger partial charge in [0.15, 0.2) is 5.82 Å². The summed E-state index contributed by atoms with van der Waals surface area (Å²) in [6, 6.07) is 0.891. The molecular formula is C13H11F3N4O4. The quantitative estimate of drug-likeness (QED) is 0.674. The maximum atomic E-state index is 12.6. The van der Waals surface area contributed by atoms with Crippen molar-refractivity contribution >= 4 is 11.6 Å². The lowest BCUT2D eigenvalue weighted by atomic mass is 10.1. The third kappa shape index (κ3) is 3.67. The first-order valence-electron chi connectivity index (χ1n) is 6.56. The molecule has 24 heavy (non-hydrogen) atoms. The number of benzene rings is 1. The predicted molar refractivity (Wildman–Crippen MR) is 73.0 cm³/mol. The van der Waals surface area contributed by atoms with E-state index in [9.17, 15) is 28.1 Å². The van der Waals surface area contributed by atoms with Gasteiger partial charge in [-0.2, -0.15) is 18.2 Å². The van der Waals surface area contributed by atoms with Crippen LogP contribution in [0.2, 0.25) is 0 Å². The molecule has 2 aromatic rings. The van der Waals surface area contributed by atoms with Crippen molar-refractivity contribution in [2.24, 2.45) is 0 Å². The van der Waals surface area contributed by atoms with Gasteiger partial charge in [0.2, 0.25) is 5.89 Å². The van der Waals surface area contributed by atoms with Crippen molar-refractivity contribution < 1.29 is 27.4 Å². The molecule has 1 aromatic heterocycles. The van der Waals surface area contributed by atoms with Crippen LogP contribution in [0.1, 0.15) is 40.6 Å². The van der Waals surface area contributed by atoms with Gasteiger partial charge in [0, 0.05) is 6.07 Å². The number of nitrogens with one attached hydrogen (secondary N) is 1. The van der Waals surface area contributed by atoms with E-state index in [-0.39, 0.29) is 5.89 Å². The van der Waals surface area contributed by atoms with Gasteiger partial charge >= 0.3 is 6.18 Å². The Kier molecular flexibility index (Phi) is 4.53. The number of carbonyl (C=O) groups excluding carboxylic acids is 1. The van der Waals surface area contributed by atoms with E-state index in [2.05, 4.69) is 15.5 Å². The van der Waals surface area contributed by atoms with Crippen LogP contribution >= 0.6 is 0 Å². The van der Waals surface area contributed by atoms with E-state index in [4.69, 9.17) is 4.52 Å². The summed E-state index contributed by atoms with van der Waals surface area (Å²) in [5.41, 5.74) is -2.67.